The topological polar surface area (TPSA) is 46.9 Å². The molecule has 1 saturated carbocycles. The summed E-state index contributed by atoms with van der Waals surface area (Å²) in [5.41, 5.74) is 0.489. The summed E-state index contributed by atoms with van der Waals surface area (Å²) >= 11 is 6.02. The van der Waals surface area contributed by atoms with Crippen LogP contribution in [0.15, 0.2) is 6.20 Å². The molecule has 0 unspecified atom stereocenters. The Balaban J connectivity index is 2.04. The highest BCUT2D eigenvalue weighted by molar-refractivity contribution is 6.33. The predicted molar refractivity (Wildman–Crippen MR) is 71.9 cm³/mol. The van der Waals surface area contributed by atoms with Crippen molar-refractivity contribution in [3.8, 4) is 0 Å². The van der Waals surface area contributed by atoms with Crippen molar-refractivity contribution in [3.05, 3.63) is 16.9 Å². The minimum atomic E-state index is -0.0914. The Morgan fingerprint density at radius 3 is 2.72 bits per heavy atom. The molecule has 1 heterocycles. The van der Waals surface area contributed by atoms with Gasteiger partial charge in [0.2, 0.25) is 0 Å². The summed E-state index contributed by atoms with van der Waals surface area (Å²) in [6.07, 6.45) is 8.64. The number of hydrogen-bond donors (Lipinski definition) is 1. The van der Waals surface area contributed by atoms with E-state index in [0.29, 0.717) is 17.3 Å². The maximum Gasteiger partial charge on any atom is 0.271 e. The molecule has 0 aromatic carbocycles. The van der Waals surface area contributed by atoms with Gasteiger partial charge in [-0.05, 0) is 19.8 Å². The van der Waals surface area contributed by atoms with E-state index in [4.69, 9.17) is 11.6 Å². The molecule has 0 aliphatic heterocycles. The van der Waals surface area contributed by atoms with Gasteiger partial charge in [-0.3, -0.25) is 9.48 Å². The van der Waals surface area contributed by atoms with Crippen molar-refractivity contribution < 1.29 is 4.79 Å². The fourth-order valence-electron chi connectivity index (χ4n) is 2.51. The third-order valence-electron chi connectivity index (χ3n) is 3.50. The molecule has 18 heavy (non-hydrogen) atoms. The van der Waals surface area contributed by atoms with E-state index >= 15 is 0 Å². The first kappa shape index (κ1) is 13.4. The lowest BCUT2D eigenvalue weighted by Crippen LogP contribution is -2.35. The molecule has 1 aliphatic rings. The highest BCUT2D eigenvalue weighted by atomic mass is 35.5. The number of nitrogens with zero attached hydrogens (tertiary/aromatic N) is 2. The molecular formula is C13H20ClN3O. The number of rotatable bonds is 3. The Hall–Kier alpha value is -1.03. The maximum absolute atomic E-state index is 12.2. The number of aryl methyl sites for hydroxylation is 1. The van der Waals surface area contributed by atoms with Crippen LogP contribution in [0.3, 0.4) is 0 Å². The van der Waals surface area contributed by atoms with Crippen molar-refractivity contribution >= 4 is 17.5 Å². The standard InChI is InChI=1S/C13H20ClN3O/c1-2-17-12(11(14)9-15-17)13(18)16-10-7-5-3-4-6-8-10/h9-10H,2-8H2,1H3,(H,16,18). The third-order valence-corrected chi connectivity index (χ3v) is 3.78. The highest BCUT2D eigenvalue weighted by Gasteiger charge is 2.20. The Morgan fingerprint density at radius 2 is 2.11 bits per heavy atom. The molecule has 4 nitrogen and oxygen atoms in total. The molecule has 0 bridgehead atoms. The number of hydrogen-bond acceptors (Lipinski definition) is 2. The number of carbonyl (C=O) groups excluding carboxylic acids is 1. The van der Waals surface area contributed by atoms with Gasteiger partial charge in [0.25, 0.3) is 5.91 Å². The van der Waals surface area contributed by atoms with E-state index in [-0.39, 0.29) is 11.9 Å². The predicted octanol–water partition coefficient (Wildman–Crippen LogP) is 3.01. The summed E-state index contributed by atoms with van der Waals surface area (Å²) in [7, 11) is 0. The number of halogens is 1. The number of nitrogens with one attached hydrogen (secondary N) is 1. The minimum Gasteiger partial charge on any atom is -0.348 e. The fraction of sp³-hybridized carbons (Fsp3) is 0.692. The molecule has 1 N–H and O–H groups in total. The zero-order valence-electron chi connectivity index (χ0n) is 10.8. The zero-order chi connectivity index (χ0) is 13.0. The van der Waals surface area contributed by atoms with Crippen LogP contribution in [0.5, 0.6) is 0 Å². The van der Waals surface area contributed by atoms with Crippen molar-refractivity contribution in [3.63, 3.8) is 0 Å². The van der Waals surface area contributed by atoms with Crippen LogP contribution >= 0.6 is 11.6 Å². The van der Waals surface area contributed by atoms with E-state index in [2.05, 4.69) is 10.4 Å². The number of amides is 1. The van der Waals surface area contributed by atoms with Crippen LogP contribution in [0.25, 0.3) is 0 Å². The molecule has 1 aromatic heterocycles. The second-order valence-electron chi connectivity index (χ2n) is 4.82. The lowest BCUT2D eigenvalue weighted by Gasteiger charge is -2.16. The normalized spacial score (nSPS) is 17.4. The second-order valence-corrected chi connectivity index (χ2v) is 5.23. The summed E-state index contributed by atoms with van der Waals surface area (Å²) in [6, 6.07) is 0.288. The lowest BCUT2D eigenvalue weighted by molar-refractivity contribution is 0.0922. The average molecular weight is 270 g/mol. The molecule has 1 aliphatic carbocycles. The van der Waals surface area contributed by atoms with Crippen molar-refractivity contribution in [2.24, 2.45) is 0 Å². The number of aromatic nitrogens is 2. The first-order valence-electron chi connectivity index (χ1n) is 6.74. The van der Waals surface area contributed by atoms with Crippen LogP contribution < -0.4 is 5.32 Å². The molecule has 1 fully saturated rings. The summed E-state index contributed by atoms with van der Waals surface area (Å²) in [6.45, 7) is 2.60. The SMILES string of the molecule is CCn1ncc(Cl)c1C(=O)NC1CCCCCC1. The molecule has 1 aromatic rings. The Bertz CT molecular complexity index is 408. The van der Waals surface area contributed by atoms with Gasteiger partial charge < -0.3 is 5.32 Å². The Kier molecular flexibility index (Phi) is 4.64. The molecule has 0 atom stereocenters. The van der Waals surface area contributed by atoms with Crippen molar-refractivity contribution in [2.45, 2.75) is 58.0 Å². The van der Waals surface area contributed by atoms with Gasteiger partial charge in [-0.15, -0.1) is 0 Å². The molecule has 2 rings (SSSR count). The molecule has 0 saturated heterocycles. The largest absolute Gasteiger partial charge is 0.348 e. The zero-order valence-corrected chi connectivity index (χ0v) is 11.5. The summed E-state index contributed by atoms with van der Waals surface area (Å²) in [4.78, 5) is 12.2. The molecule has 0 spiro atoms. The van der Waals surface area contributed by atoms with Crippen molar-refractivity contribution in [1.29, 1.82) is 0 Å². The van der Waals surface area contributed by atoms with Gasteiger partial charge in [0, 0.05) is 12.6 Å². The summed E-state index contributed by atoms with van der Waals surface area (Å²) in [5, 5.41) is 7.62. The van der Waals surface area contributed by atoms with Gasteiger partial charge in [-0.1, -0.05) is 37.3 Å². The van der Waals surface area contributed by atoms with Crippen molar-refractivity contribution in [1.82, 2.24) is 15.1 Å². The van der Waals surface area contributed by atoms with E-state index in [9.17, 15) is 4.79 Å². The van der Waals surface area contributed by atoms with E-state index in [1.165, 1.54) is 31.9 Å². The van der Waals surface area contributed by atoms with E-state index in [1.54, 1.807) is 4.68 Å². The van der Waals surface area contributed by atoms with E-state index in [1.807, 2.05) is 6.92 Å². The second kappa shape index (κ2) is 6.23. The highest BCUT2D eigenvalue weighted by Crippen LogP contribution is 2.19. The van der Waals surface area contributed by atoms with Gasteiger partial charge in [0.15, 0.2) is 0 Å². The van der Waals surface area contributed by atoms with Crippen LogP contribution in [0.2, 0.25) is 5.02 Å². The minimum absolute atomic E-state index is 0.0914. The monoisotopic (exact) mass is 269 g/mol. The van der Waals surface area contributed by atoms with E-state index in [0.717, 1.165) is 12.8 Å². The fourth-order valence-corrected chi connectivity index (χ4v) is 2.73. The van der Waals surface area contributed by atoms with Crippen LogP contribution in [-0.4, -0.2) is 21.7 Å². The number of carbonyl (C=O) groups is 1. The average Bonchev–Trinajstić information content (AvgIpc) is 2.57. The van der Waals surface area contributed by atoms with Gasteiger partial charge in [-0.25, -0.2) is 0 Å². The van der Waals surface area contributed by atoms with Crippen LogP contribution in [0.4, 0.5) is 0 Å². The third kappa shape index (κ3) is 3.05. The molecule has 100 valence electrons. The van der Waals surface area contributed by atoms with E-state index < -0.39 is 0 Å². The van der Waals surface area contributed by atoms with Gasteiger partial charge >= 0.3 is 0 Å². The van der Waals surface area contributed by atoms with Crippen LogP contribution in [0.1, 0.15) is 55.9 Å². The van der Waals surface area contributed by atoms with Crippen molar-refractivity contribution in [2.75, 3.05) is 0 Å². The Morgan fingerprint density at radius 1 is 1.44 bits per heavy atom. The first-order valence-corrected chi connectivity index (χ1v) is 7.12. The summed E-state index contributed by atoms with van der Waals surface area (Å²) < 4.78 is 1.65. The Labute approximate surface area is 113 Å². The van der Waals surface area contributed by atoms with Crippen LogP contribution in [-0.2, 0) is 6.54 Å². The lowest BCUT2D eigenvalue weighted by atomic mass is 10.1. The molecular weight excluding hydrogens is 250 g/mol. The summed E-state index contributed by atoms with van der Waals surface area (Å²) in [5.74, 6) is -0.0914. The quantitative estimate of drug-likeness (QED) is 0.858. The maximum atomic E-state index is 12.2. The molecule has 1 amide bonds. The van der Waals surface area contributed by atoms with Gasteiger partial charge in [-0.2, -0.15) is 5.10 Å². The smallest absolute Gasteiger partial charge is 0.271 e. The van der Waals surface area contributed by atoms with Gasteiger partial charge in [0.1, 0.15) is 5.69 Å². The first-order chi connectivity index (χ1) is 8.72. The molecule has 0 radical (unpaired) electrons. The van der Waals surface area contributed by atoms with Crippen LogP contribution in [0, 0.1) is 0 Å². The van der Waals surface area contributed by atoms with Gasteiger partial charge in [0.05, 0.1) is 11.2 Å². The molecule has 5 heteroatoms.